The summed E-state index contributed by atoms with van der Waals surface area (Å²) in [7, 11) is 0. The number of ether oxygens (including phenoxy) is 2. The van der Waals surface area contributed by atoms with Crippen molar-refractivity contribution in [2.45, 2.75) is 195 Å². The molecule has 0 bridgehead atoms. The lowest BCUT2D eigenvalue weighted by molar-refractivity contribution is -0.162. The molecule has 0 heterocycles. The lowest BCUT2D eigenvalue weighted by Gasteiger charge is -2.32. The molecule has 8 atom stereocenters. The van der Waals surface area contributed by atoms with Gasteiger partial charge in [0.1, 0.15) is 29.8 Å². The lowest BCUT2D eigenvalue weighted by Crippen LogP contribution is -2.60. The van der Waals surface area contributed by atoms with Crippen LogP contribution in [-0.4, -0.2) is 87.2 Å². The first-order valence-electron chi connectivity index (χ1n) is 19.5. The summed E-state index contributed by atoms with van der Waals surface area (Å²) in [5.41, 5.74) is -0.805. The number of aliphatic hydroxyl groups excluding tert-OH is 2. The summed E-state index contributed by atoms with van der Waals surface area (Å²) in [5, 5.41) is 38.5. The maximum atomic E-state index is 13.7. The van der Waals surface area contributed by atoms with Gasteiger partial charge in [0.15, 0.2) is 0 Å². The van der Waals surface area contributed by atoms with E-state index in [2.05, 4.69) is 22.9 Å². The molecule has 0 radical (unpaired) electrons. The Balaban J connectivity index is 5.72. The van der Waals surface area contributed by atoms with Crippen LogP contribution in [0.25, 0.3) is 0 Å². The Morgan fingerprint density at radius 3 is 1.50 bits per heavy atom. The van der Waals surface area contributed by atoms with E-state index in [0.29, 0.717) is 12.8 Å². The van der Waals surface area contributed by atoms with Crippen LogP contribution in [-0.2, 0) is 28.7 Å². The molecule has 0 rings (SSSR count). The first-order valence-corrected chi connectivity index (χ1v) is 19.5. The normalized spacial score (nSPS) is 16.5. The minimum absolute atomic E-state index is 0.401. The fourth-order valence-electron chi connectivity index (χ4n) is 5.84. The third-order valence-electron chi connectivity index (χ3n) is 9.29. The molecule has 0 aromatic heterocycles. The molecular formula is C39H73N3O10. The molecule has 304 valence electrons. The number of unbranched alkanes of at least 4 members (excludes halogenated alkanes) is 10. The molecule has 0 aromatic rings. The highest BCUT2D eigenvalue weighted by molar-refractivity contribution is 5.93. The summed E-state index contributed by atoms with van der Waals surface area (Å²) < 4.78 is 11.2. The van der Waals surface area contributed by atoms with Crippen molar-refractivity contribution >= 4 is 29.8 Å². The average Bonchev–Trinajstić information content (AvgIpc) is 3.04. The Labute approximate surface area is 313 Å². The second kappa shape index (κ2) is 25.2. The second-order valence-electron chi connectivity index (χ2n) is 16.1. The summed E-state index contributed by atoms with van der Waals surface area (Å²) >= 11 is 0. The highest BCUT2D eigenvalue weighted by Crippen LogP contribution is 2.25. The van der Waals surface area contributed by atoms with Crippen molar-refractivity contribution in [1.29, 1.82) is 0 Å². The number of amides is 3. The van der Waals surface area contributed by atoms with Gasteiger partial charge in [0.2, 0.25) is 11.8 Å². The molecule has 13 heteroatoms. The largest absolute Gasteiger partial charge is 0.481 e. The van der Waals surface area contributed by atoms with E-state index < -0.39 is 95.6 Å². The lowest BCUT2D eigenvalue weighted by atomic mass is 9.87. The smallest absolute Gasteiger partial charge is 0.408 e. The molecule has 0 aliphatic carbocycles. The highest BCUT2D eigenvalue weighted by atomic mass is 16.6. The average molecular weight is 744 g/mol. The van der Waals surface area contributed by atoms with Gasteiger partial charge in [0.25, 0.3) is 0 Å². The quantitative estimate of drug-likeness (QED) is 0.0460. The van der Waals surface area contributed by atoms with Crippen molar-refractivity contribution in [1.82, 2.24) is 16.0 Å². The molecule has 6 N–H and O–H groups in total. The van der Waals surface area contributed by atoms with Gasteiger partial charge in [-0.3, -0.25) is 14.4 Å². The molecule has 0 fully saturated rings. The third-order valence-corrected chi connectivity index (χ3v) is 9.29. The number of esters is 1. The summed E-state index contributed by atoms with van der Waals surface area (Å²) in [6.07, 6.45) is 8.51. The number of aliphatic carboxylic acids is 1. The van der Waals surface area contributed by atoms with Crippen LogP contribution in [0.2, 0.25) is 0 Å². The molecule has 0 unspecified atom stereocenters. The van der Waals surface area contributed by atoms with Crippen molar-refractivity contribution in [2.75, 3.05) is 0 Å². The number of rotatable bonds is 26. The van der Waals surface area contributed by atoms with E-state index in [4.69, 9.17) is 9.47 Å². The van der Waals surface area contributed by atoms with Gasteiger partial charge in [0, 0.05) is 5.92 Å². The zero-order chi connectivity index (χ0) is 40.2. The number of carbonyl (C=O) groups is 5. The number of hydrogen-bond acceptors (Lipinski definition) is 9. The first-order chi connectivity index (χ1) is 24.1. The van der Waals surface area contributed by atoms with E-state index >= 15 is 0 Å². The first kappa shape index (κ1) is 49.1. The fourth-order valence-corrected chi connectivity index (χ4v) is 5.84. The molecule has 3 amide bonds. The van der Waals surface area contributed by atoms with Gasteiger partial charge in [-0.15, -0.1) is 0 Å². The van der Waals surface area contributed by atoms with Crippen molar-refractivity contribution in [3.05, 3.63) is 0 Å². The predicted octanol–water partition coefficient (Wildman–Crippen LogP) is 5.87. The van der Waals surface area contributed by atoms with E-state index in [-0.39, 0.29) is 0 Å². The van der Waals surface area contributed by atoms with Gasteiger partial charge >= 0.3 is 18.0 Å². The summed E-state index contributed by atoms with van der Waals surface area (Å²) in [4.78, 5) is 64.5. The Morgan fingerprint density at radius 2 is 1.08 bits per heavy atom. The molecule has 0 spiro atoms. The number of hydrogen-bond donors (Lipinski definition) is 6. The Kier molecular flexibility index (Phi) is 23.7. The van der Waals surface area contributed by atoms with Crippen molar-refractivity contribution in [3.8, 4) is 0 Å². The maximum Gasteiger partial charge on any atom is 0.408 e. The molecule has 52 heavy (non-hydrogen) atoms. The zero-order valence-electron chi connectivity index (χ0n) is 34.0. The van der Waals surface area contributed by atoms with Crippen molar-refractivity contribution in [3.63, 3.8) is 0 Å². The van der Waals surface area contributed by atoms with Crippen LogP contribution < -0.4 is 16.0 Å². The number of nitrogens with one attached hydrogen (secondary N) is 3. The van der Waals surface area contributed by atoms with E-state index in [1.165, 1.54) is 52.4 Å². The number of carbonyl (C=O) groups excluding carboxylic acids is 4. The van der Waals surface area contributed by atoms with E-state index in [1.54, 1.807) is 55.4 Å². The molecule has 0 aliphatic rings. The molecule has 0 saturated carbocycles. The van der Waals surface area contributed by atoms with Crippen LogP contribution in [0.4, 0.5) is 4.79 Å². The topological polar surface area (TPSA) is 201 Å². The predicted molar refractivity (Wildman–Crippen MR) is 201 cm³/mol. The highest BCUT2D eigenvalue weighted by Gasteiger charge is 2.38. The number of alkyl carbamates (subject to hydrolysis) is 1. The van der Waals surface area contributed by atoms with Gasteiger partial charge in [-0.1, -0.05) is 106 Å². The van der Waals surface area contributed by atoms with Crippen molar-refractivity contribution in [2.24, 2.45) is 23.7 Å². The van der Waals surface area contributed by atoms with Gasteiger partial charge in [0.05, 0.1) is 18.1 Å². The molecule has 13 nitrogen and oxygen atoms in total. The van der Waals surface area contributed by atoms with E-state index in [0.717, 1.165) is 25.7 Å². The summed E-state index contributed by atoms with van der Waals surface area (Å²) in [6.45, 7) is 18.4. The van der Waals surface area contributed by atoms with Gasteiger partial charge in [-0.05, 0) is 59.3 Å². The van der Waals surface area contributed by atoms with Gasteiger partial charge in [-0.25, -0.2) is 9.59 Å². The second-order valence-corrected chi connectivity index (χ2v) is 16.1. The Morgan fingerprint density at radius 1 is 0.635 bits per heavy atom. The van der Waals surface area contributed by atoms with Crippen LogP contribution in [0.15, 0.2) is 0 Å². The number of carboxylic acids is 1. The van der Waals surface area contributed by atoms with Gasteiger partial charge in [-0.2, -0.15) is 0 Å². The van der Waals surface area contributed by atoms with Crippen molar-refractivity contribution < 1.29 is 48.8 Å². The van der Waals surface area contributed by atoms with Crippen LogP contribution in [0.3, 0.4) is 0 Å². The van der Waals surface area contributed by atoms with Crippen LogP contribution >= 0.6 is 0 Å². The Hall–Kier alpha value is -2.93. The minimum atomic E-state index is -1.48. The zero-order valence-corrected chi connectivity index (χ0v) is 34.0. The standard InChI is InChI=1S/C39H73N3O10/c1-12-13-14-15-16-17-18-19-20-21-22-23-29(26(6)33(44)27(7)36(47)48)51-37(49)31(25(4)5)40-35(46)32(28(8)43)41-34(45)30(24(2)3)42-38(50)52-39(9,10)11/h24-33,43-44H,12-23H2,1-11H3,(H,40,46)(H,41,45)(H,42,50)(H,47,48)/t26-,27+,28+,29+,30-,31-,32-,33+/m0/s1. The maximum absolute atomic E-state index is 13.7. The van der Waals surface area contributed by atoms with Crippen LogP contribution in [0.5, 0.6) is 0 Å². The monoisotopic (exact) mass is 744 g/mol. The molecule has 0 aromatic carbocycles. The summed E-state index contributed by atoms with van der Waals surface area (Å²) in [5.74, 6) is -6.19. The van der Waals surface area contributed by atoms with Gasteiger partial charge < -0.3 is 40.7 Å². The molecular weight excluding hydrogens is 670 g/mol. The Bertz CT molecular complexity index is 1080. The SMILES string of the molecule is CCCCCCCCCCCCC[C@@H](OC(=O)[C@@H](NC(=O)[C@@H](NC(=O)[C@@H](NC(=O)OC(C)(C)C)C(C)C)[C@@H](C)O)C(C)C)[C@H](C)[C@@H](O)[C@@H](C)C(=O)O. The molecule has 0 saturated heterocycles. The summed E-state index contributed by atoms with van der Waals surface area (Å²) in [6, 6.07) is -3.76. The van der Waals surface area contributed by atoms with E-state index in [9.17, 15) is 39.3 Å². The fraction of sp³-hybridized carbons (Fsp3) is 0.872. The van der Waals surface area contributed by atoms with E-state index in [1.807, 2.05) is 0 Å². The van der Waals surface area contributed by atoms with Crippen LogP contribution in [0, 0.1) is 23.7 Å². The number of carboxylic acid groups (broad SMARTS) is 1. The van der Waals surface area contributed by atoms with Crippen LogP contribution in [0.1, 0.15) is 153 Å². The molecule has 0 aliphatic heterocycles. The third kappa shape index (κ3) is 19.8. The minimum Gasteiger partial charge on any atom is -0.481 e. The number of aliphatic hydroxyl groups is 2.